The van der Waals surface area contributed by atoms with E-state index in [1.54, 1.807) is 6.07 Å². The highest BCUT2D eigenvalue weighted by Gasteiger charge is 2.40. The van der Waals surface area contributed by atoms with E-state index in [0.29, 0.717) is 23.2 Å². The molecule has 3 saturated heterocycles. The summed E-state index contributed by atoms with van der Waals surface area (Å²) in [5.74, 6) is -0.130. The minimum atomic E-state index is -0.203. The first-order valence-electron chi connectivity index (χ1n) is 10.1. The predicted molar refractivity (Wildman–Crippen MR) is 109 cm³/mol. The first-order valence-corrected chi connectivity index (χ1v) is 10.5. The molecule has 2 N–H and O–H groups in total. The average Bonchev–Trinajstić information content (AvgIpc) is 3.25. The highest BCUT2D eigenvalue weighted by Crippen LogP contribution is 2.37. The second-order valence-corrected chi connectivity index (χ2v) is 8.97. The number of morpholine rings is 1. The van der Waals surface area contributed by atoms with Crippen molar-refractivity contribution in [3.63, 3.8) is 0 Å². The quantitative estimate of drug-likeness (QED) is 0.807. The Kier molecular flexibility index (Phi) is 5.27. The van der Waals surface area contributed by atoms with Crippen LogP contribution in [0.3, 0.4) is 0 Å². The Hall–Kier alpha value is -1.79. The van der Waals surface area contributed by atoms with Crippen LogP contribution in [-0.2, 0) is 9.53 Å². The molecule has 6 nitrogen and oxygen atoms in total. The third kappa shape index (κ3) is 3.60. The maximum absolute atomic E-state index is 12.9. The van der Waals surface area contributed by atoms with E-state index in [1.165, 1.54) is 0 Å². The van der Waals surface area contributed by atoms with Crippen LogP contribution in [0, 0.1) is 18.8 Å². The zero-order valence-electron chi connectivity index (χ0n) is 16.6. The van der Waals surface area contributed by atoms with Gasteiger partial charge >= 0.3 is 0 Å². The van der Waals surface area contributed by atoms with Gasteiger partial charge in [0, 0.05) is 35.4 Å². The van der Waals surface area contributed by atoms with Crippen molar-refractivity contribution in [2.45, 2.75) is 51.8 Å². The van der Waals surface area contributed by atoms with E-state index in [1.807, 2.05) is 19.9 Å². The molecule has 3 fully saturated rings. The Labute approximate surface area is 170 Å². The molecule has 2 amide bonds. The van der Waals surface area contributed by atoms with E-state index in [2.05, 4.69) is 22.5 Å². The van der Waals surface area contributed by atoms with E-state index < -0.39 is 0 Å². The number of carbonyl (C=O) groups excluding carboxylic acids is 2. The maximum Gasteiger partial charge on any atom is 0.251 e. The van der Waals surface area contributed by atoms with Crippen molar-refractivity contribution < 1.29 is 14.3 Å². The van der Waals surface area contributed by atoms with Gasteiger partial charge in [-0.3, -0.25) is 9.59 Å². The molecule has 0 aromatic heterocycles. The van der Waals surface area contributed by atoms with E-state index in [0.717, 1.165) is 37.2 Å². The number of fused-ring (bicyclic) bond motifs is 2. The molecule has 0 radical (unpaired) electrons. The molecule has 0 aliphatic carbocycles. The van der Waals surface area contributed by atoms with E-state index in [-0.39, 0.29) is 35.8 Å². The summed E-state index contributed by atoms with van der Waals surface area (Å²) < 4.78 is 5.69. The van der Waals surface area contributed by atoms with Gasteiger partial charge in [0.15, 0.2) is 0 Å². The molecule has 3 heterocycles. The number of rotatable bonds is 4. The Balaban J connectivity index is 1.49. The van der Waals surface area contributed by atoms with Gasteiger partial charge in [-0.25, -0.2) is 0 Å². The first-order chi connectivity index (χ1) is 13.3. The van der Waals surface area contributed by atoms with E-state index >= 15 is 0 Å². The van der Waals surface area contributed by atoms with Crippen molar-refractivity contribution >= 4 is 29.1 Å². The lowest BCUT2D eigenvalue weighted by Gasteiger charge is -2.33. The van der Waals surface area contributed by atoms with Crippen LogP contribution in [0.4, 0.5) is 5.69 Å². The number of hydrogen-bond donors (Lipinski definition) is 2. The molecular formula is C21H28ClN3O3. The molecule has 7 heteroatoms. The van der Waals surface area contributed by atoms with Crippen LogP contribution < -0.4 is 15.5 Å². The Morgan fingerprint density at radius 2 is 2.14 bits per heavy atom. The van der Waals surface area contributed by atoms with Crippen molar-refractivity contribution in [2.24, 2.45) is 11.8 Å². The van der Waals surface area contributed by atoms with Crippen molar-refractivity contribution in [3.05, 3.63) is 28.3 Å². The standard InChI is InChI=1S/C21H28ClN3O3/c1-11-4-12(2)24-21(27)18(11)8-23-20(26)17-5-14(22)6-19(13(17)3)25-9-16-7-15(25)10-28-16/h5-6,11-12,15-16,18H,4,7-10H2,1-3H3,(H,23,26)(H,24,27)/t11?,12?,15-,16-,18?/m1/s1. The van der Waals surface area contributed by atoms with Gasteiger partial charge in [0.25, 0.3) is 5.91 Å². The van der Waals surface area contributed by atoms with Crippen LogP contribution in [0.2, 0.25) is 5.02 Å². The highest BCUT2D eigenvalue weighted by atomic mass is 35.5. The van der Waals surface area contributed by atoms with Gasteiger partial charge in [0.2, 0.25) is 5.91 Å². The maximum atomic E-state index is 12.9. The number of nitrogens with one attached hydrogen (secondary N) is 2. The lowest BCUT2D eigenvalue weighted by molar-refractivity contribution is -0.129. The van der Waals surface area contributed by atoms with E-state index in [9.17, 15) is 9.59 Å². The number of piperidine rings is 1. The fourth-order valence-corrected chi connectivity index (χ4v) is 5.09. The summed E-state index contributed by atoms with van der Waals surface area (Å²) in [5, 5.41) is 6.49. The van der Waals surface area contributed by atoms with Gasteiger partial charge in [-0.05, 0) is 50.3 Å². The third-order valence-electron chi connectivity index (χ3n) is 6.42. The second kappa shape index (κ2) is 7.56. The Bertz CT molecular complexity index is 799. The summed E-state index contributed by atoms with van der Waals surface area (Å²) in [7, 11) is 0. The molecule has 1 aromatic carbocycles. The number of nitrogens with zero attached hydrogens (tertiary/aromatic N) is 1. The van der Waals surface area contributed by atoms with Crippen molar-refractivity contribution in [3.8, 4) is 0 Å². The van der Waals surface area contributed by atoms with E-state index in [4.69, 9.17) is 16.3 Å². The minimum absolute atomic E-state index is 0.0168. The summed E-state index contributed by atoms with van der Waals surface area (Å²) >= 11 is 6.36. The topological polar surface area (TPSA) is 70.7 Å². The summed E-state index contributed by atoms with van der Waals surface area (Å²) in [4.78, 5) is 27.5. The molecule has 4 rings (SSSR count). The zero-order chi connectivity index (χ0) is 20.0. The summed E-state index contributed by atoms with van der Waals surface area (Å²) in [6.07, 6.45) is 2.22. The van der Waals surface area contributed by atoms with Crippen molar-refractivity contribution in [2.75, 3.05) is 24.6 Å². The molecule has 1 aromatic rings. The smallest absolute Gasteiger partial charge is 0.251 e. The van der Waals surface area contributed by atoms with Crippen molar-refractivity contribution in [1.29, 1.82) is 0 Å². The van der Waals surface area contributed by atoms with Crippen LogP contribution in [0.25, 0.3) is 0 Å². The van der Waals surface area contributed by atoms with Gasteiger partial charge in [-0.2, -0.15) is 0 Å². The number of halogens is 1. The second-order valence-electron chi connectivity index (χ2n) is 8.53. The fourth-order valence-electron chi connectivity index (χ4n) is 4.87. The average molecular weight is 406 g/mol. The monoisotopic (exact) mass is 405 g/mol. The fraction of sp³-hybridized carbons (Fsp3) is 0.619. The summed E-state index contributed by atoms with van der Waals surface area (Å²) in [5.41, 5.74) is 2.50. The number of hydrogen-bond acceptors (Lipinski definition) is 4. The molecule has 3 aliphatic rings. The normalized spacial score (nSPS) is 31.8. The molecule has 0 spiro atoms. The molecule has 5 atom stereocenters. The SMILES string of the molecule is Cc1c(C(=O)NCC2C(=O)NC(C)CC2C)cc(Cl)cc1N1C[C@H]2C[C@@H]1CO2. The van der Waals surface area contributed by atoms with Crippen LogP contribution in [0.1, 0.15) is 42.6 Å². The Morgan fingerprint density at radius 1 is 1.36 bits per heavy atom. The van der Waals surface area contributed by atoms with Crippen molar-refractivity contribution in [1.82, 2.24) is 10.6 Å². The predicted octanol–water partition coefficient (Wildman–Crippen LogP) is 2.52. The van der Waals surface area contributed by atoms with Gasteiger partial charge in [-0.1, -0.05) is 18.5 Å². The van der Waals surface area contributed by atoms with Gasteiger partial charge < -0.3 is 20.3 Å². The van der Waals surface area contributed by atoms with Gasteiger partial charge in [0.1, 0.15) is 0 Å². The minimum Gasteiger partial charge on any atom is -0.374 e. The number of anilines is 1. The van der Waals surface area contributed by atoms with Crippen LogP contribution in [0.5, 0.6) is 0 Å². The highest BCUT2D eigenvalue weighted by molar-refractivity contribution is 6.31. The van der Waals surface area contributed by atoms with Gasteiger partial charge in [0.05, 0.1) is 24.7 Å². The van der Waals surface area contributed by atoms with Gasteiger partial charge in [-0.15, -0.1) is 0 Å². The number of carbonyl (C=O) groups is 2. The molecule has 28 heavy (non-hydrogen) atoms. The number of amides is 2. The number of benzene rings is 1. The molecule has 3 unspecified atom stereocenters. The molecule has 2 bridgehead atoms. The lowest BCUT2D eigenvalue weighted by Crippen LogP contribution is -2.50. The molecule has 3 aliphatic heterocycles. The van der Waals surface area contributed by atoms with Crippen LogP contribution in [-0.4, -0.2) is 49.7 Å². The summed E-state index contributed by atoms with van der Waals surface area (Å²) in [6, 6.07) is 4.19. The van der Waals surface area contributed by atoms with Crippen LogP contribution >= 0.6 is 11.6 Å². The first kappa shape index (κ1) is 19.5. The molecule has 152 valence electrons. The Morgan fingerprint density at radius 3 is 2.79 bits per heavy atom. The van der Waals surface area contributed by atoms with Crippen LogP contribution in [0.15, 0.2) is 12.1 Å². The zero-order valence-corrected chi connectivity index (χ0v) is 17.4. The summed E-state index contributed by atoms with van der Waals surface area (Å²) in [6.45, 7) is 7.94. The molecular weight excluding hydrogens is 378 g/mol. The molecule has 0 saturated carbocycles. The lowest BCUT2D eigenvalue weighted by atomic mass is 9.84. The number of ether oxygens (including phenoxy) is 1. The largest absolute Gasteiger partial charge is 0.374 e. The third-order valence-corrected chi connectivity index (χ3v) is 6.64.